The summed E-state index contributed by atoms with van der Waals surface area (Å²) in [6, 6.07) is 15.4. The first-order valence-electron chi connectivity index (χ1n) is 6.81. The summed E-state index contributed by atoms with van der Waals surface area (Å²) >= 11 is 3.39. The monoisotopic (exact) mass is 335 g/mol. The van der Waals surface area contributed by atoms with Crippen LogP contribution in [0.5, 0.6) is 0 Å². The molecule has 0 amide bonds. The van der Waals surface area contributed by atoms with Crippen LogP contribution in [0.25, 0.3) is 0 Å². The van der Waals surface area contributed by atoms with Crippen molar-refractivity contribution in [3.63, 3.8) is 0 Å². The van der Waals surface area contributed by atoms with Crippen molar-refractivity contribution in [1.29, 1.82) is 0 Å². The second-order valence-electron chi connectivity index (χ2n) is 5.11. The Morgan fingerprint density at radius 2 is 1.80 bits per heavy atom. The molecule has 106 valence electrons. The fourth-order valence-corrected chi connectivity index (χ4v) is 2.59. The van der Waals surface area contributed by atoms with Gasteiger partial charge in [0.15, 0.2) is 0 Å². The third-order valence-electron chi connectivity index (χ3n) is 3.52. The van der Waals surface area contributed by atoms with E-state index in [-0.39, 0.29) is 11.9 Å². The van der Waals surface area contributed by atoms with E-state index < -0.39 is 0 Å². The Hall–Kier alpha value is -1.19. The van der Waals surface area contributed by atoms with Gasteiger partial charge in [0, 0.05) is 22.6 Å². The van der Waals surface area contributed by atoms with Crippen molar-refractivity contribution in [3.8, 4) is 0 Å². The molecule has 0 aromatic heterocycles. The number of hydrogen-bond donors (Lipinski definition) is 1. The Labute approximate surface area is 128 Å². The Morgan fingerprint density at radius 3 is 2.50 bits per heavy atom. The lowest BCUT2D eigenvalue weighted by Crippen LogP contribution is -2.24. The van der Waals surface area contributed by atoms with Crippen molar-refractivity contribution in [2.75, 3.05) is 6.54 Å². The van der Waals surface area contributed by atoms with Crippen molar-refractivity contribution >= 4 is 15.9 Å². The Kier molecular flexibility index (Phi) is 5.32. The van der Waals surface area contributed by atoms with Gasteiger partial charge in [0.2, 0.25) is 0 Å². The van der Waals surface area contributed by atoms with Crippen LogP contribution in [0.1, 0.15) is 36.9 Å². The van der Waals surface area contributed by atoms with Crippen molar-refractivity contribution in [2.24, 2.45) is 0 Å². The average Bonchev–Trinajstić information content (AvgIpc) is 2.47. The third kappa shape index (κ3) is 3.90. The Balaban J connectivity index is 1.98. The zero-order valence-electron chi connectivity index (χ0n) is 11.7. The van der Waals surface area contributed by atoms with Gasteiger partial charge in [0.25, 0.3) is 0 Å². The highest BCUT2D eigenvalue weighted by molar-refractivity contribution is 9.10. The van der Waals surface area contributed by atoms with Crippen LogP contribution in [0, 0.1) is 5.82 Å². The van der Waals surface area contributed by atoms with E-state index in [4.69, 9.17) is 0 Å². The van der Waals surface area contributed by atoms with Gasteiger partial charge in [-0.3, -0.25) is 0 Å². The quantitative estimate of drug-likeness (QED) is 0.806. The number of rotatable bonds is 5. The minimum atomic E-state index is -0.166. The van der Waals surface area contributed by atoms with Crippen molar-refractivity contribution in [3.05, 3.63) is 69.9 Å². The van der Waals surface area contributed by atoms with Crippen molar-refractivity contribution in [2.45, 2.75) is 25.8 Å². The molecule has 0 saturated carbocycles. The molecule has 0 bridgehead atoms. The minimum absolute atomic E-state index is 0.0151. The molecule has 0 aliphatic rings. The fourth-order valence-electron chi connectivity index (χ4n) is 2.21. The van der Waals surface area contributed by atoms with Crippen LogP contribution in [0.3, 0.4) is 0 Å². The van der Waals surface area contributed by atoms with Crippen LogP contribution in [0.15, 0.2) is 53.0 Å². The lowest BCUT2D eigenvalue weighted by Gasteiger charge is -2.19. The molecule has 3 heteroatoms. The topological polar surface area (TPSA) is 12.0 Å². The van der Waals surface area contributed by atoms with Crippen LogP contribution in [-0.2, 0) is 0 Å². The normalized spacial score (nSPS) is 14.0. The van der Waals surface area contributed by atoms with Gasteiger partial charge in [0.05, 0.1) is 0 Å². The van der Waals surface area contributed by atoms with Gasteiger partial charge < -0.3 is 5.32 Å². The summed E-state index contributed by atoms with van der Waals surface area (Å²) in [5.41, 5.74) is 1.99. The summed E-state index contributed by atoms with van der Waals surface area (Å²) in [5, 5.41) is 3.40. The van der Waals surface area contributed by atoms with Gasteiger partial charge in [-0.25, -0.2) is 4.39 Å². The summed E-state index contributed by atoms with van der Waals surface area (Å²) < 4.78 is 14.7. The predicted octanol–water partition coefficient (Wildman–Crippen LogP) is 5.04. The maximum Gasteiger partial charge on any atom is 0.128 e. The van der Waals surface area contributed by atoms with E-state index in [2.05, 4.69) is 40.3 Å². The van der Waals surface area contributed by atoms with Crippen molar-refractivity contribution in [1.82, 2.24) is 5.32 Å². The molecular weight excluding hydrogens is 317 g/mol. The molecule has 2 rings (SSSR count). The third-order valence-corrected chi connectivity index (χ3v) is 4.02. The second-order valence-corrected chi connectivity index (χ2v) is 6.02. The summed E-state index contributed by atoms with van der Waals surface area (Å²) in [5.74, 6) is 0.231. The highest BCUT2D eigenvalue weighted by atomic mass is 79.9. The molecule has 0 heterocycles. The summed E-state index contributed by atoms with van der Waals surface area (Å²) in [7, 11) is 0. The average molecular weight is 336 g/mol. The van der Waals surface area contributed by atoms with E-state index in [9.17, 15) is 4.39 Å². The Morgan fingerprint density at radius 1 is 1.10 bits per heavy atom. The molecule has 0 saturated heterocycles. The van der Waals surface area contributed by atoms with Crippen LogP contribution < -0.4 is 5.32 Å². The van der Waals surface area contributed by atoms with Gasteiger partial charge in [-0.2, -0.15) is 0 Å². The van der Waals surface area contributed by atoms with Crippen LogP contribution in [-0.4, -0.2) is 6.54 Å². The standard InChI is InChI=1S/C17H19BrFN/c1-12(14-6-4-3-5-7-14)11-20-13(2)16-10-15(18)8-9-17(16)19/h3-10,12-13,20H,11H2,1-2H3. The maximum atomic E-state index is 13.8. The van der Waals surface area contributed by atoms with Gasteiger partial charge in [-0.15, -0.1) is 0 Å². The maximum absolute atomic E-state index is 13.8. The van der Waals surface area contributed by atoms with E-state index in [1.54, 1.807) is 6.07 Å². The predicted molar refractivity (Wildman–Crippen MR) is 85.4 cm³/mol. The molecule has 0 spiro atoms. The Bertz CT molecular complexity index is 556. The number of nitrogens with one attached hydrogen (secondary N) is 1. The second kappa shape index (κ2) is 7.00. The van der Waals surface area contributed by atoms with E-state index in [0.717, 1.165) is 11.0 Å². The molecule has 0 aliphatic heterocycles. The first-order chi connectivity index (χ1) is 9.58. The van der Waals surface area contributed by atoms with Gasteiger partial charge in [-0.05, 0) is 36.6 Å². The molecular formula is C17H19BrFN. The molecule has 2 aromatic carbocycles. The fraction of sp³-hybridized carbons (Fsp3) is 0.294. The smallest absolute Gasteiger partial charge is 0.128 e. The van der Waals surface area contributed by atoms with Gasteiger partial charge in [-0.1, -0.05) is 53.2 Å². The molecule has 1 N–H and O–H groups in total. The molecule has 20 heavy (non-hydrogen) atoms. The summed E-state index contributed by atoms with van der Waals surface area (Å²) in [6.07, 6.45) is 0. The highest BCUT2D eigenvalue weighted by Crippen LogP contribution is 2.22. The SMILES string of the molecule is CC(CNC(C)c1cc(Br)ccc1F)c1ccccc1. The molecule has 1 nitrogen and oxygen atoms in total. The van der Waals surface area contributed by atoms with Crippen LogP contribution in [0.4, 0.5) is 4.39 Å². The van der Waals surface area contributed by atoms with E-state index >= 15 is 0 Å². The molecule has 0 fully saturated rings. The molecule has 2 unspecified atom stereocenters. The number of hydrogen-bond acceptors (Lipinski definition) is 1. The van der Waals surface area contributed by atoms with Gasteiger partial charge in [0.1, 0.15) is 5.82 Å². The molecule has 2 aromatic rings. The highest BCUT2D eigenvalue weighted by Gasteiger charge is 2.13. The molecule has 0 radical (unpaired) electrons. The minimum Gasteiger partial charge on any atom is -0.309 e. The zero-order valence-corrected chi connectivity index (χ0v) is 13.3. The summed E-state index contributed by atoms with van der Waals surface area (Å²) in [4.78, 5) is 0. The first-order valence-corrected chi connectivity index (χ1v) is 7.60. The number of halogens is 2. The number of benzene rings is 2. The lowest BCUT2D eigenvalue weighted by atomic mass is 10.0. The first kappa shape index (κ1) is 15.2. The largest absolute Gasteiger partial charge is 0.309 e. The summed E-state index contributed by atoms with van der Waals surface area (Å²) in [6.45, 7) is 4.98. The van der Waals surface area contributed by atoms with Gasteiger partial charge >= 0.3 is 0 Å². The van der Waals surface area contributed by atoms with Crippen molar-refractivity contribution < 1.29 is 4.39 Å². The zero-order chi connectivity index (χ0) is 14.5. The van der Waals surface area contributed by atoms with E-state index in [1.807, 2.05) is 31.2 Å². The molecule has 2 atom stereocenters. The lowest BCUT2D eigenvalue weighted by molar-refractivity contribution is 0.508. The van der Waals surface area contributed by atoms with E-state index in [0.29, 0.717) is 11.5 Å². The molecule has 0 aliphatic carbocycles. The van der Waals surface area contributed by atoms with Crippen LogP contribution >= 0.6 is 15.9 Å². The van der Waals surface area contributed by atoms with E-state index in [1.165, 1.54) is 11.6 Å². The van der Waals surface area contributed by atoms with Crippen LogP contribution in [0.2, 0.25) is 0 Å².